The minimum atomic E-state index is -0.368. The number of ketones is 1. The Morgan fingerprint density at radius 2 is 1.67 bits per heavy atom. The molecule has 0 saturated carbocycles. The first-order valence-electron chi connectivity index (χ1n) is 11.5. The maximum absolute atomic E-state index is 13.0. The molecule has 0 bridgehead atoms. The molecule has 2 aromatic carbocycles. The number of nitrogens with zero attached hydrogens (tertiary/aromatic N) is 1. The number of fused-ring (bicyclic) bond motifs is 1. The highest BCUT2D eigenvalue weighted by Gasteiger charge is 2.30. The van der Waals surface area contributed by atoms with E-state index in [1.54, 1.807) is 23.1 Å². The fourth-order valence-electron chi connectivity index (χ4n) is 4.42. The van der Waals surface area contributed by atoms with E-state index in [-0.39, 0.29) is 36.0 Å². The lowest BCUT2D eigenvalue weighted by Crippen LogP contribution is -2.42. The summed E-state index contributed by atoms with van der Waals surface area (Å²) in [6, 6.07) is 12.8. The van der Waals surface area contributed by atoms with Crippen LogP contribution < -0.4 is 14.8 Å². The first kappa shape index (κ1) is 22.8. The third kappa shape index (κ3) is 5.53. The Balaban J connectivity index is 1.35. The normalized spacial score (nSPS) is 16.7. The van der Waals surface area contributed by atoms with Gasteiger partial charge in [-0.1, -0.05) is 29.8 Å². The Labute approximate surface area is 194 Å². The molecule has 2 aliphatic rings. The van der Waals surface area contributed by atoms with Crippen molar-refractivity contribution in [3.05, 3.63) is 59.2 Å². The number of benzene rings is 2. The molecule has 1 saturated heterocycles. The lowest BCUT2D eigenvalue weighted by molar-refractivity contribution is -0.133. The van der Waals surface area contributed by atoms with Crippen LogP contribution in [0.4, 0.5) is 0 Å². The number of carbonyl (C=O) groups is 3. The predicted molar refractivity (Wildman–Crippen MR) is 123 cm³/mol. The smallest absolute Gasteiger partial charge is 0.224 e. The quantitative estimate of drug-likeness (QED) is 0.682. The number of aryl methyl sites for hydroxylation is 1. The maximum Gasteiger partial charge on any atom is 0.224 e. The Hall–Kier alpha value is -3.35. The van der Waals surface area contributed by atoms with Crippen LogP contribution in [0.15, 0.2) is 42.5 Å². The van der Waals surface area contributed by atoms with Crippen molar-refractivity contribution in [1.82, 2.24) is 10.2 Å². The molecule has 7 nitrogen and oxygen atoms in total. The first-order valence-corrected chi connectivity index (χ1v) is 11.5. The van der Waals surface area contributed by atoms with Gasteiger partial charge >= 0.3 is 0 Å². The zero-order valence-electron chi connectivity index (χ0n) is 19.1. The van der Waals surface area contributed by atoms with Gasteiger partial charge in [0.2, 0.25) is 11.8 Å². The highest BCUT2D eigenvalue weighted by Crippen LogP contribution is 2.33. The number of piperidine rings is 1. The van der Waals surface area contributed by atoms with E-state index in [4.69, 9.17) is 9.47 Å². The zero-order chi connectivity index (χ0) is 23.4. The number of carbonyl (C=O) groups excluding carboxylic acids is 3. The van der Waals surface area contributed by atoms with Crippen molar-refractivity contribution in [3.8, 4) is 11.5 Å². The van der Waals surface area contributed by atoms with Crippen LogP contribution in [0.2, 0.25) is 0 Å². The van der Waals surface area contributed by atoms with Crippen LogP contribution in [-0.4, -0.2) is 48.8 Å². The maximum atomic E-state index is 13.0. The van der Waals surface area contributed by atoms with Crippen LogP contribution in [-0.2, 0) is 9.59 Å². The molecular formula is C26H30N2O5. The minimum Gasteiger partial charge on any atom is -0.486 e. The fraction of sp³-hybridized carbons (Fsp3) is 0.423. The number of hydrogen-bond acceptors (Lipinski definition) is 5. The summed E-state index contributed by atoms with van der Waals surface area (Å²) in [5.74, 6) is 1.05. The van der Waals surface area contributed by atoms with Crippen LogP contribution in [0.25, 0.3) is 0 Å². The fourth-order valence-corrected chi connectivity index (χ4v) is 4.42. The zero-order valence-corrected chi connectivity index (χ0v) is 19.1. The topological polar surface area (TPSA) is 84.9 Å². The number of Topliss-reactive ketones (excluding diaryl/α,β-unsaturated/α-hetero) is 1. The Bertz CT molecular complexity index is 1030. The summed E-state index contributed by atoms with van der Waals surface area (Å²) < 4.78 is 11.1. The van der Waals surface area contributed by atoms with Gasteiger partial charge in [-0.15, -0.1) is 0 Å². The lowest BCUT2D eigenvalue weighted by Gasteiger charge is -2.32. The SMILES string of the molecule is CC(=O)N[C@H](CC(=O)N1CCC(C(=O)c2ccc3c(c2)OCCO3)CC1)c1ccc(C)cc1. The molecule has 2 aliphatic heterocycles. The van der Waals surface area contributed by atoms with E-state index in [1.165, 1.54) is 6.92 Å². The molecule has 0 unspecified atom stereocenters. The van der Waals surface area contributed by atoms with Gasteiger partial charge in [0.05, 0.1) is 12.5 Å². The third-order valence-corrected chi connectivity index (χ3v) is 6.28. The van der Waals surface area contributed by atoms with Crippen LogP contribution in [0.5, 0.6) is 11.5 Å². The molecule has 0 radical (unpaired) electrons. The van der Waals surface area contributed by atoms with Gasteiger partial charge in [0, 0.05) is 31.5 Å². The summed E-state index contributed by atoms with van der Waals surface area (Å²) >= 11 is 0. The van der Waals surface area contributed by atoms with Gasteiger partial charge in [-0.2, -0.15) is 0 Å². The number of ether oxygens (including phenoxy) is 2. The second-order valence-corrected chi connectivity index (χ2v) is 8.75. The molecule has 2 amide bonds. The van der Waals surface area contributed by atoms with Gasteiger partial charge < -0.3 is 19.7 Å². The molecule has 2 heterocycles. The van der Waals surface area contributed by atoms with Gasteiger partial charge in [-0.3, -0.25) is 14.4 Å². The second kappa shape index (κ2) is 10.1. The average Bonchev–Trinajstić information content (AvgIpc) is 2.83. The van der Waals surface area contributed by atoms with Crippen molar-refractivity contribution in [3.63, 3.8) is 0 Å². The van der Waals surface area contributed by atoms with Crippen LogP contribution in [0.3, 0.4) is 0 Å². The third-order valence-electron chi connectivity index (χ3n) is 6.28. The molecule has 0 spiro atoms. The molecule has 2 aromatic rings. The van der Waals surface area contributed by atoms with Crippen LogP contribution in [0.1, 0.15) is 53.7 Å². The van der Waals surface area contributed by atoms with Crippen molar-refractivity contribution in [2.75, 3.05) is 26.3 Å². The summed E-state index contributed by atoms with van der Waals surface area (Å²) in [5.41, 5.74) is 2.65. The summed E-state index contributed by atoms with van der Waals surface area (Å²) in [7, 11) is 0. The number of nitrogens with one attached hydrogen (secondary N) is 1. The van der Waals surface area contributed by atoms with Crippen molar-refractivity contribution in [1.29, 1.82) is 0 Å². The second-order valence-electron chi connectivity index (χ2n) is 8.75. The number of amides is 2. The lowest BCUT2D eigenvalue weighted by atomic mass is 9.88. The van der Waals surface area contributed by atoms with Gasteiger partial charge in [0.1, 0.15) is 13.2 Å². The minimum absolute atomic E-state index is 0.0143. The summed E-state index contributed by atoms with van der Waals surface area (Å²) in [4.78, 5) is 39.5. The van der Waals surface area contributed by atoms with E-state index >= 15 is 0 Å². The summed E-state index contributed by atoms with van der Waals surface area (Å²) in [6.07, 6.45) is 1.44. The van der Waals surface area contributed by atoms with Gasteiger partial charge in [0.15, 0.2) is 17.3 Å². The van der Waals surface area contributed by atoms with E-state index in [1.807, 2.05) is 31.2 Å². The predicted octanol–water partition coefficient (Wildman–Crippen LogP) is 3.46. The summed E-state index contributed by atoms with van der Waals surface area (Å²) in [6.45, 7) is 5.51. The first-order chi connectivity index (χ1) is 15.9. The standard InChI is InChI=1S/C26H30N2O5/c1-17-3-5-19(6-4-17)22(27-18(2)29)16-25(30)28-11-9-20(10-12-28)26(31)21-7-8-23-24(15-21)33-14-13-32-23/h3-8,15,20,22H,9-14,16H2,1-2H3,(H,27,29)/t22-/m1/s1. The molecule has 1 atom stereocenters. The highest BCUT2D eigenvalue weighted by atomic mass is 16.6. The van der Waals surface area contributed by atoms with Gasteiger partial charge in [0.25, 0.3) is 0 Å². The molecule has 33 heavy (non-hydrogen) atoms. The molecular weight excluding hydrogens is 420 g/mol. The van der Waals surface area contributed by atoms with E-state index in [9.17, 15) is 14.4 Å². The van der Waals surface area contributed by atoms with Gasteiger partial charge in [-0.05, 0) is 43.5 Å². The molecule has 0 aliphatic carbocycles. The number of hydrogen-bond donors (Lipinski definition) is 1. The van der Waals surface area contributed by atoms with E-state index in [2.05, 4.69) is 5.32 Å². The summed E-state index contributed by atoms with van der Waals surface area (Å²) in [5, 5.41) is 2.90. The molecule has 1 N–H and O–H groups in total. The molecule has 4 rings (SSSR count). The highest BCUT2D eigenvalue weighted by molar-refractivity contribution is 5.98. The Kier molecular flexibility index (Phi) is 6.96. The van der Waals surface area contributed by atoms with E-state index in [0.717, 1.165) is 11.1 Å². The van der Waals surface area contributed by atoms with Crippen molar-refractivity contribution < 1.29 is 23.9 Å². The van der Waals surface area contributed by atoms with Crippen molar-refractivity contribution in [2.24, 2.45) is 5.92 Å². The van der Waals surface area contributed by atoms with Crippen LogP contribution >= 0.6 is 0 Å². The van der Waals surface area contributed by atoms with Gasteiger partial charge in [-0.25, -0.2) is 0 Å². The van der Waals surface area contributed by atoms with Crippen molar-refractivity contribution in [2.45, 2.75) is 39.2 Å². The largest absolute Gasteiger partial charge is 0.486 e. The molecule has 174 valence electrons. The number of likely N-dealkylation sites (tertiary alicyclic amines) is 1. The Morgan fingerprint density at radius 1 is 1.00 bits per heavy atom. The van der Waals surface area contributed by atoms with Crippen LogP contribution in [0, 0.1) is 12.8 Å². The van der Waals surface area contributed by atoms with Crippen molar-refractivity contribution >= 4 is 17.6 Å². The average molecular weight is 451 g/mol. The molecule has 0 aromatic heterocycles. The molecule has 7 heteroatoms. The van der Waals surface area contributed by atoms with E-state index < -0.39 is 0 Å². The number of rotatable bonds is 6. The monoisotopic (exact) mass is 450 g/mol. The van der Waals surface area contributed by atoms with E-state index in [0.29, 0.717) is 56.2 Å². The Morgan fingerprint density at radius 3 is 2.33 bits per heavy atom. The molecule has 1 fully saturated rings.